The summed E-state index contributed by atoms with van der Waals surface area (Å²) < 4.78 is 6.64. The number of rotatable bonds is 4. The average molecular weight is 334 g/mol. The summed E-state index contributed by atoms with van der Waals surface area (Å²) in [5.41, 5.74) is 1.62. The summed E-state index contributed by atoms with van der Waals surface area (Å²) in [6, 6.07) is 15.3. The van der Waals surface area contributed by atoms with Crippen molar-refractivity contribution in [2.75, 3.05) is 14.1 Å². The Morgan fingerprint density at radius 3 is 2.50 bits per heavy atom. The SMILES string of the molecule is CN(C)C(=O)c1cc(Br)ccc1OCc1ccccc1. The molecule has 0 heterocycles. The first-order valence-corrected chi connectivity index (χ1v) is 7.05. The van der Waals surface area contributed by atoms with Crippen LogP contribution in [0, 0.1) is 0 Å². The summed E-state index contributed by atoms with van der Waals surface area (Å²) >= 11 is 3.38. The molecule has 0 N–H and O–H groups in total. The number of hydrogen-bond acceptors (Lipinski definition) is 2. The fourth-order valence-electron chi connectivity index (χ4n) is 1.77. The largest absolute Gasteiger partial charge is 0.488 e. The van der Waals surface area contributed by atoms with Crippen molar-refractivity contribution in [3.05, 3.63) is 64.1 Å². The zero-order chi connectivity index (χ0) is 14.5. The molecule has 4 heteroatoms. The third kappa shape index (κ3) is 3.61. The van der Waals surface area contributed by atoms with E-state index in [1.165, 1.54) is 4.90 Å². The Kier molecular flexibility index (Phi) is 4.79. The molecule has 0 saturated heterocycles. The number of hydrogen-bond donors (Lipinski definition) is 0. The van der Waals surface area contributed by atoms with Crippen LogP contribution in [0.2, 0.25) is 0 Å². The Hall–Kier alpha value is -1.81. The number of carbonyl (C=O) groups is 1. The van der Waals surface area contributed by atoms with Gasteiger partial charge < -0.3 is 9.64 Å². The van der Waals surface area contributed by atoms with Crippen molar-refractivity contribution >= 4 is 21.8 Å². The minimum atomic E-state index is -0.0747. The molecule has 2 aromatic rings. The predicted molar refractivity (Wildman–Crippen MR) is 82.9 cm³/mol. The van der Waals surface area contributed by atoms with Gasteiger partial charge in [-0.1, -0.05) is 46.3 Å². The van der Waals surface area contributed by atoms with E-state index < -0.39 is 0 Å². The Morgan fingerprint density at radius 1 is 1.15 bits per heavy atom. The third-order valence-electron chi connectivity index (χ3n) is 2.82. The van der Waals surface area contributed by atoms with Crippen molar-refractivity contribution in [2.45, 2.75) is 6.61 Å². The maximum Gasteiger partial charge on any atom is 0.257 e. The molecule has 2 aromatic carbocycles. The average Bonchev–Trinajstić information content (AvgIpc) is 2.46. The van der Waals surface area contributed by atoms with Gasteiger partial charge in [-0.2, -0.15) is 0 Å². The van der Waals surface area contributed by atoms with E-state index in [2.05, 4.69) is 15.9 Å². The van der Waals surface area contributed by atoms with Gasteiger partial charge in [-0.3, -0.25) is 4.79 Å². The Morgan fingerprint density at radius 2 is 1.85 bits per heavy atom. The van der Waals surface area contributed by atoms with E-state index in [9.17, 15) is 4.79 Å². The van der Waals surface area contributed by atoms with Crippen LogP contribution in [-0.2, 0) is 6.61 Å². The van der Waals surface area contributed by atoms with Gasteiger partial charge in [0.05, 0.1) is 5.56 Å². The first-order valence-electron chi connectivity index (χ1n) is 6.26. The summed E-state index contributed by atoms with van der Waals surface area (Å²) in [6.07, 6.45) is 0. The number of carbonyl (C=O) groups excluding carboxylic acids is 1. The molecule has 0 unspecified atom stereocenters. The summed E-state index contributed by atoms with van der Waals surface area (Å²) in [4.78, 5) is 13.7. The van der Waals surface area contributed by atoms with Crippen molar-refractivity contribution in [3.8, 4) is 5.75 Å². The Labute approximate surface area is 127 Å². The zero-order valence-electron chi connectivity index (χ0n) is 11.5. The van der Waals surface area contributed by atoms with E-state index >= 15 is 0 Å². The van der Waals surface area contributed by atoms with Crippen molar-refractivity contribution in [1.82, 2.24) is 4.90 Å². The number of ether oxygens (including phenoxy) is 1. The van der Waals surface area contributed by atoms with Crippen molar-refractivity contribution < 1.29 is 9.53 Å². The molecule has 0 saturated carbocycles. The number of amides is 1. The highest BCUT2D eigenvalue weighted by molar-refractivity contribution is 9.10. The highest BCUT2D eigenvalue weighted by Gasteiger charge is 2.15. The van der Waals surface area contributed by atoms with E-state index in [0.717, 1.165) is 10.0 Å². The molecule has 0 aliphatic rings. The number of nitrogens with zero attached hydrogens (tertiary/aromatic N) is 1. The van der Waals surface area contributed by atoms with Gasteiger partial charge in [0.25, 0.3) is 5.91 Å². The van der Waals surface area contributed by atoms with Crippen molar-refractivity contribution in [2.24, 2.45) is 0 Å². The van der Waals surface area contributed by atoms with Crippen LogP contribution in [0.15, 0.2) is 53.0 Å². The minimum Gasteiger partial charge on any atom is -0.488 e. The van der Waals surface area contributed by atoms with E-state index in [-0.39, 0.29) is 5.91 Å². The first-order chi connectivity index (χ1) is 9.58. The molecule has 0 aromatic heterocycles. The van der Waals surface area contributed by atoms with Crippen LogP contribution < -0.4 is 4.74 Å². The topological polar surface area (TPSA) is 29.5 Å². The molecular formula is C16H16BrNO2. The summed E-state index contributed by atoms with van der Waals surface area (Å²) in [5.74, 6) is 0.519. The third-order valence-corrected chi connectivity index (χ3v) is 3.31. The molecule has 3 nitrogen and oxygen atoms in total. The summed E-state index contributed by atoms with van der Waals surface area (Å²) in [6.45, 7) is 0.441. The zero-order valence-corrected chi connectivity index (χ0v) is 13.1. The second-order valence-corrected chi connectivity index (χ2v) is 5.53. The molecule has 0 bridgehead atoms. The highest BCUT2D eigenvalue weighted by Crippen LogP contribution is 2.25. The van der Waals surface area contributed by atoms with E-state index in [1.54, 1.807) is 20.2 Å². The van der Waals surface area contributed by atoms with Gasteiger partial charge in [0.2, 0.25) is 0 Å². The molecule has 1 amide bonds. The van der Waals surface area contributed by atoms with E-state index in [0.29, 0.717) is 17.9 Å². The fraction of sp³-hybridized carbons (Fsp3) is 0.188. The van der Waals surface area contributed by atoms with Gasteiger partial charge in [0, 0.05) is 18.6 Å². The molecule has 104 valence electrons. The summed E-state index contributed by atoms with van der Waals surface area (Å²) in [5, 5.41) is 0. The normalized spacial score (nSPS) is 10.2. The number of benzene rings is 2. The van der Waals surface area contributed by atoms with E-state index in [4.69, 9.17) is 4.74 Å². The smallest absolute Gasteiger partial charge is 0.257 e. The van der Waals surface area contributed by atoms with Crippen LogP contribution in [0.25, 0.3) is 0 Å². The fourth-order valence-corrected chi connectivity index (χ4v) is 2.13. The van der Waals surface area contributed by atoms with Crippen LogP contribution in [0.5, 0.6) is 5.75 Å². The lowest BCUT2D eigenvalue weighted by molar-refractivity contribution is 0.0822. The number of halogens is 1. The molecule has 0 aliphatic carbocycles. The molecule has 0 aliphatic heterocycles. The lowest BCUT2D eigenvalue weighted by atomic mass is 10.1. The monoisotopic (exact) mass is 333 g/mol. The second-order valence-electron chi connectivity index (χ2n) is 4.61. The van der Waals surface area contributed by atoms with Gasteiger partial charge >= 0.3 is 0 Å². The molecule has 0 radical (unpaired) electrons. The van der Waals surface area contributed by atoms with Crippen LogP contribution in [0.3, 0.4) is 0 Å². The van der Waals surface area contributed by atoms with Gasteiger partial charge in [0.15, 0.2) is 0 Å². The minimum absolute atomic E-state index is 0.0747. The molecule has 2 rings (SSSR count). The lowest BCUT2D eigenvalue weighted by Crippen LogP contribution is -2.22. The van der Waals surface area contributed by atoms with Crippen LogP contribution in [0.1, 0.15) is 15.9 Å². The van der Waals surface area contributed by atoms with Gasteiger partial charge in [-0.05, 0) is 23.8 Å². The second kappa shape index (κ2) is 6.57. The van der Waals surface area contributed by atoms with Gasteiger partial charge in [-0.15, -0.1) is 0 Å². The van der Waals surface area contributed by atoms with Crippen LogP contribution >= 0.6 is 15.9 Å². The van der Waals surface area contributed by atoms with E-state index in [1.807, 2.05) is 42.5 Å². The standard InChI is InChI=1S/C16H16BrNO2/c1-18(2)16(19)14-10-13(17)8-9-15(14)20-11-12-6-4-3-5-7-12/h3-10H,11H2,1-2H3. The Balaban J connectivity index is 2.21. The van der Waals surface area contributed by atoms with Gasteiger partial charge in [-0.25, -0.2) is 0 Å². The van der Waals surface area contributed by atoms with Gasteiger partial charge in [0.1, 0.15) is 12.4 Å². The van der Waals surface area contributed by atoms with Crippen molar-refractivity contribution in [3.63, 3.8) is 0 Å². The Bertz CT molecular complexity index is 597. The first kappa shape index (κ1) is 14.6. The summed E-state index contributed by atoms with van der Waals surface area (Å²) in [7, 11) is 3.45. The maximum absolute atomic E-state index is 12.2. The van der Waals surface area contributed by atoms with Crippen molar-refractivity contribution in [1.29, 1.82) is 0 Å². The van der Waals surface area contributed by atoms with Crippen LogP contribution in [0.4, 0.5) is 0 Å². The molecular weight excluding hydrogens is 318 g/mol. The molecule has 20 heavy (non-hydrogen) atoms. The highest BCUT2D eigenvalue weighted by atomic mass is 79.9. The maximum atomic E-state index is 12.2. The molecule has 0 spiro atoms. The predicted octanol–water partition coefficient (Wildman–Crippen LogP) is 3.73. The quantitative estimate of drug-likeness (QED) is 0.853. The lowest BCUT2D eigenvalue weighted by Gasteiger charge is -2.15. The molecule has 0 atom stereocenters. The van der Waals surface area contributed by atoms with Crippen LogP contribution in [-0.4, -0.2) is 24.9 Å². The molecule has 0 fully saturated rings.